The van der Waals surface area contributed by atoms with Crippen LogP contribution >= 0.6 is 0 Å². The highest BCUT2D eigenvalue weighted by atomic mass is 19.4. The van der Waals surface area contributed by atoms with E-state index in [-0.39, 0.29) is 0 Å². The molecule has 0 atom stereocenters. The SMILES string of the molecule is CNCC1CCN(Cc2cnc(C(F)(F)F)nc2C)CC1. The number of halogens is 3. The molecule has 0 aliphatic carbocycles. The molecule has 4 nitrogen and oxygen atoms in total. The van der Waals surface area contributed by atoms with Crippen molar-refractivity contribution in [3.05, 3.63) is 23.3 Å². The third kappa shape index (κ3) is 4.38. The van der Waals surface area contributed by atoms with Crippen LogP contribution in [0.5, 0.6) is 0 Å². The van der Waals surface area contributed by atoms with Crippen LogP contribution in [0.15, 0.2) is 6.20 Å². The number of piperidine rings is 1. The summed E-state index contributed by atoms with van der Waals surface area (Å²) < 4.78 is 37.6. The second kappa shape index (κ2) is 6.70. The monoisotopic (exact) mass is 302 g/mol. The Morgan fingerprint density at radius 2 is 2.00 bits per heavy atom. The minimum absolute atomic E-state index is 0.412. The van der Waals surface area contributed by atoms with Crippen LogP contribution in [0.25, 0.3) is 0 Å². The van der Waals surface area contributed by atoms with E-state index in [1.807, 2.05) is 7.05 Å². The Kier molecular flexibility index (Phi) is 5.16. The van der Waals surface area contributed by atoms with Gasteiger partial charge in [-0.2, -0.15) is 13.2 Å². The highest BCUT2D eigenvalue weighted by Gasteiger charge is 2.34. The smallest absolute Gasteiger partial charge is 0.319 e. The van der Waals surface area contributed by atoms with Gasteiger partial charge in [-0.15, -0.1) is 0 Å². The van der Waals surface area contributed by atoms with Crippen LogP contribution in [0.1, 0.15) is 29.9 Å². The van der Waals surface area contributed by atoms with Gasteiger partial charge < -0.3 is 5.32 Å². The molecule has 7 heteroatoms. The van der Waals surface area contributed by atoms with E-state index in [1.165, 1.54) is 6.20 Å². The van der Waals surface area contributed by atoms with E-state index in [9.17, 15) is 13.2 Å². The second-order valence-corrected chi connectivity index (χ2v) is 5.58. The van der Waals surface area contributed by atoms with Crippen molar-refractivity contribution < 1.29 is 13.2 Å². The maximum absolute atomic E-state index is 12.5. The molecular weight excluding hydrogens is 281 g/mol. The molecule has 0 amide bonds. The maximum Gasteiger partial charge on any atom is 0.451 e. The number of aryl methyl sites for hydroxylation is 1. The molecule has 2 rings (SSSR count). The van der Waals surface area contributed by atoms with Crippen molar-refractivity contribution in [3.8, 4) is 0 Å². The van der Waals surface area contributed by atoms with Gasteiger partial charge >= 0.3 is 6.18 Å². The van der Waals surface area contributed by atoms with E-state index in [1.54, 1.807) is 6.92 Å². The molecule has 1 aliphatic heterocycles. The summed E-state index contributed by atoms with van der Waals surface area (Å²) in [6.45, 7) is 5.19. The first-order valence-corrected chi connectivity index (χ1v) is 7.17. The van der Waals surface area contributed by atoms with Gasteiger partial charge in [0.25, 0.3) is 0 Å². The molecule has 1 saturated heterocycles. The minimum Gasteiger partial charge on any atom is -0.319 e. The number of rotatable bonds is 4. The van der Waals surface area contributed by atoms with Crippen LogP contribution in [0, 0.1) is 12.8 Å². The van der Waals surface area contributed by atoms with Crippen molar-refractivity contribution in [2.45, 2.75) is 32.5 Å². The largest absolute Gasteiger partial charge is 0.451 e. The molecule has 1 aliphatic rings. The van der Waals surface area contributed by atoms with Crippen molar-refractivity contribution >= 4 is 0 Å². The third-order valence-electron chi connectivity index (χ3n) is 3.93. The van der Waals surface area contributed by atoms with Crippen LogP contribution in [-0.4, -0.2) is 41.5 Å². The summed E-state index contributed by atoms with van der Waals surface area (Å²) in [5.74, 6) is -0.368. The summed E-state index contributed by atoms with van der Waals surface area (Å²) in [5, 5.41) is 3.19. The van der Waals surface area contributed by atoms with Gasteiger partial charge in [-0.3, -0.25) is 4.90 Å². The molecule has 21 heavy (non-hydrogen) atoms. The quantitative estimate of drug-likeness (QED) is 0.926. The van der Waals surface area contributed by atoms with Crippen molar-refractivity contribution in [2.75, 3.05) is 26.7 Å². The third-order valence-corrected chi connectivity index (χ3v) is 3.93. The zero-order chi connectivity index (χ0) is 15.5. The zero-order valence-electron chi connectivity index (χ0n) is 12.4. The molecule has 1 fully saturated rings. The van der Waals surface area contributed by atoms with Crippen LogP contribution < -0.4 is 5.32 Å². The van der Waals surface area contributed by atoms with Gasteiger partial charge in [0.05, 0.1) is 0 Å². The molecule has 0 bridgehead atoms. The first-order valence-electron chi connectivity index (χ1n) is 7.17. The average molecular weight is 302 g/mol. The molecule has 1 aromatic rings. The lowest BCUT2D eigenvalue weighted by Crippen LogP contribution is -2.36. The van der Waals surface area contributed by atoms with E-state index in [2.05, 4.69) is 20.2 Å². The normalized spacial score (nSPS) is 18.1. The van der Waals surface area contributed by atoms with E-state index in [4.69, 9.17) is 0 Å². The molecule has 1 aromatic heterocycles. The van der Waals surface area contributed by atoms with Crippen LogP contribution in [0.2, 0.25) is 0 Å². The van der Waals surface area contributed by atoms with E-state index >= 15 is 0 Å². The Bertz CT molecular complexity index is 468. The summed E-state index contributed by atoms with van der Waals surface area (Å²) in [7, 11) is 1.95. The number of nitrogens with one attached hydrogen (secondary N) is 1. The lowest BCUT2D eigenvalue weighted by Gasteiger charge is -2.32. The molecule has 0 aromatic carbocycles. The summed E-state index contributed by atoms with van der Waals surface area (Å²) >= 11 is 0. The second-order valence-electron chi connectivity index (χ2n) is 5.58. The Morgan fingerprint density at radius 1 is 1.33 bits per heavy atom. The number of hydrogen-bond acceptors (Lipinski definition) is 4. The Hall–Kier alpha value is -1.21. The molecule has 118 valence electrons. The molecule has 0 radical (unpaired) electrons. The van der Waals surface area contributed by atoms with Crippen LogP contribution in [0.4, 0.5) is 13.2 Å². The summed E-state index contributed by atoms with van der Waals surface area (Å²) in [4.78, 5) is 9.28. The number of nitrogens with zero attached hydrogens (tertiary/aromatic N) is 3. The van der Waals surface area contributed by atoms with E-state index in [0.29, 0.717) is 18.2 Å². The number of aromatic nitrogens is 2. The summed E-state index contributed by atoms with van der Waals surface area (Å²) in [6.07, 6.45) is -0.942. The predicted octanol–water partition coefficient (Wildman–Crippen LogP) is 2.24. The minimum atomic E-state index is -4.48. The highest BCUT2D eigenvalue weighted by molar-refractivity contribution is 5.17. The first-order chi connectivity index (χ1) is 9.90. The first kappa shape index (κ1) is 16.2. The van der Waals surface area contributed by atoms with Crippen molar-refractivity contribution in [1.82, 2.24) is 20.2 Å². The fourth-order valence-electron chi connectivity index (χ4n) is 2.66. The zero-order valence-corrected chi connectivity index (χ0v) is 12.4. The number of likely N-dealkylation sites (tertiary alicyclic amines) is 1. The molecule has 0 unspecified atom stereocenters. The summed E-state index contributed by atoms with van der Waals surface area (Å²) in [5.41, 5.74) is 1.18. The van der Waals surface area contributed by atoms with Crippen molar-refractivity contribution in [3.63, 3.8) is 0 Å². The van der Waals surface area contributed by atoms with Gasteiger partial charge in [-0.25, -0.2) is 9.97 Å². The van der Waals surface area contributed by atoms with E-state index < -0.39 is 12.0 Å². The van der Waals surface area contributed by atoms with Crippen molar-refractivity contribution in [1.29, 1.82) is 0 Å². The molecule has 1 N–H and O–H groups in total. The van der Waals surface area contributed by atoms with Crippen molar-refractivity contribution in [2.24, 2.45) is 5.92 Å². The maximum atomic E-state index is 12.5. The molecule has 0 spiro atoms. The van der Waals surface area contributed by atoms with Gasteiger partial charge in [-0.1, -0.05) is 0 Å². The van der Waals surface area contributed by atoms with Gasteiger partial charge in [0, 0.05) is 24.0 Å². The topological polar surface area (TPSA) is 41.0 Å². The van der Waals surface area contributed by atoms with Gasteiger partial charge in [0.2, 0.25) is 5.82 Å². The average Bonchev–Trinajstić information content (AvgIpc) is 2.42. The summed E-state index contributed by atoms with van der Waals surface area (Å²) in [6, 6.07) is 0. The lowest BCUT2D eigenvalue weighted by molar-refractivity contribution is -0.145. The molecular formula is C14H21F3N4. The fraction of sp³-hybridized carbons (Fsp3) is 0.714. The standard InChI is InChI=1S/C14H21F3N4/c1-10-12(8-19-13(20-10)14(15,16)17)9-21-5-3-11(4-6-21)7-18-2/h8,11,18H,3-7,9H2,1-2H3. The van der Waals surface area contributed by atoms with Crippen LogP contribution in [0.3, 0.4) is 0 Å². The Morgan fingerprint density at radius 3 is 2.52 bits per heavy atom. The Balaban J connectivity index is 1.95. The van der Waals surface area contributed by atoms with Gasteiger partial charge in [0.1, 0.15) is 0 Å². The Labute approximate surface area is 122 Å². The lowest BCUT2D eigenvalue weighted by atomic mass is 9.96. The highest BCUT2D eigenvalue weighted by Crippen LogP contribution is 2.26. The van der Waals surface area contributed by atoms with Gasteiger partial charge in [0.15, 0.2) is 0 Å². The molecule has 2 heterocycles. The van der Waals surface area contributed by atoms with E-state index in [0.717, 1.165) is 38.0 Å². The fourth-order valence-corrected chi connectivity index (χ4v) is 2.66. The predicted molar refractivity (Wildman–Crippen MR) is 73.7 cm³/mol. The molecule has 0 saturated carbocycles. The number of hydrogen-bond donors (Lipinski definition) is 1. The number of alkyl halides is 3. The van der Waals surface area contributed by atoms with Crippen LogP contribution in [-0.2, 0) is 12.7 Å². The van der Waals surface area contributed by atoms with Gasteiger partial charge in [-0.05, 0) is 52.4 Å².